The molecule has 0 fully saturated rings. The first-order chi connectivity index (χ1) is 12.2. The summed E-state index contributed by atoms with van der Waals surface area (Å²) in [4.78, 5) is 23.9. The average Bonchev–Trinajstić information content (AvgIpc) is 2.99. The van der Waals surface area contributed by atoms with E-state index in [0.717, 1.165) is 6.07 Å². The monoisotopic (exact) mass is 378 g/mol. The number of rotatable bonds is 6. The third kappa shape index (κ3) is 4.42. The zero-order valence-corrected chi connectivity index (χ0v) is 14.7. The van der Waals surface area contributed by atoms with E-state index in [1.807, 2.05) is 0 Å². The third-order valence-corrected chi connectivity index (χ3v) is 3.79. The zero-order chi connectivity index (χ0) is 19.4. The first kappa shape index (κ1) is 19.5. The van der Waals surface area contributed by atoms with Gasteiger partial charge in [-0.2, -0.15) is 0 Å². The van der Waals surface area contributed by atoms with Gasteiger partial charge in [-0.15, -0.1) is 6.42 Å². The lowest BCUT2D eigenvalue weighted by Crippen LogP contribution is -2.36. The molecule has 0 saturated heterocycles. The summed E-state index contributed by atoms with van der Waals surface area (Å²) < 4.78 is 18.4. The van der Waals surface area contributed by atoms with Crippen molar-refractivity contribution in [1.29, 1.82) is 0 Å². The molecule has 2 atom stereocenters. The van der Waals surface area contributed by atoms with Gasteiger partial charge in [-0.25, -0.2) is 4.39 Å². The van der Waals surface area contributed by atoms with Crippen LogP contribution in [0.4, 0.5) is 10.1 Å². The van der Waals surface area contributed by atoms with Crippen LogP contribution in [0.25, 0.3) is 0 Å². The number of benzene rings is 1. The van der Waals surface area contributed by atoms with E-state index in [4.69, 9.17) is 22.4 Å². The molecule has 0 spiro atoms. The van der Waals surface area contributed by atoms with Crippen molar-refractivity contribution in [2.24, 2.45) is 0 Å². The van der Waals surface area contributed by atoms with Crippen LogP contribution in [0.2, 0.25) is 5.02 Å². The largest absolute Gasteiger partial charge is 0.457 e. The lowest BCUT2D eigenvalue weighted by molar-refractivity contribution is -0.117. The van der Waals surface area contributed by atoms with E-state index in [1.165, 1.54) is 25.1 Å². The molecule has 0 aliphatic heterocycles. The summed E-state index contributed by atoms with van der Waals surface area (Å²) in [5, 5.41) is 15.2. The van der Waals surface area contributed by atoms with E-state index >= 15 is 0 Å². The molecule has 3 N–H and O–H groups in total. The number of amides is 1. The number of halogens is 2. The lowest BCUT2D eigenvalue weighted by atomic mass is 10.2. The Morgan fingerprint density at radius 2 is 2.08 bits per heavy atom. The number of Topliss-reactive ketones (excluding diaryl/α,β-unsaturated/α-hetero) is 1. The fraction of sp³-hybridized carbons (Fsp3) is 0.222. The molecule has 0 saturated carbocycles. The SMILES string of the molecule is C#CC(C)NC(=O)C(=O)c1cc(C(O)Nc2ccc(F)c(Cl)c2)c(C)o1. The number of terminal acetylenes is 1. The van der Waals surface area contributed by atoms with E-state index < -0.39 is 29.8 Å². The van der Waals surface area contributed by atoms with Crippen molar-refractivity contribution < 1.29 is 23.5 Å². The van der Waals surface area contributed by atoms with Crippen molar-refractivity contribution in [3.8, 4) is 12.3 Å². The van der Waals surface area contributed by atoms with Crippen LogP contribution in [0.15, 0.2) is 28.7 Å². The molecule has 1 heterocycles. The maximum Gasteiger partial charge on any atom is 0.296 e. The molecule has 0 bridgehead atoms. The predicted molar refractivity (Wildman–Crippen MR) is 94.2 cm³/mol. The summed E-state index contributed by atoms with van der Waals surface area (Å²) in [7, 11) is 0. The molecular weight excluding hydrogens is 363 g/mol. The number of hydrogen-bond acceptors (Lipinski definition) is 5. The van der Waals surface area contributed by atoms with Gasteiger partial charge in [0.1, 0.15) is 11.6 Å². The first-order valence-electron chi connectivity index (χ1n) is 7.54. The van der Waals surface area contributed by atoms with Gasteiger partial charge >= 0.3 is 0 Å². The van der Waals surface area contributed by atoms with Gasteiger partial charge in [-0.3, -0.25) is 9.59 Å². The van der Waals surface area contributed by atoms with Crippen molar-refractivity contribution in [2.45, 2.75) is 26.1 Å². The van der Waals surface area contributed by atoms with Gasteiger partial charge < -0.3 is 20.2 Å². The van der Waals surface area contributed by atoms with Gasteiger partial charge in [0.2, 0.25) is 0 Å². The number of carbonyl (C=O) groups is 2. The topological polar surface area (TPSA) is 91.6 Å². The second-order valence-electron chi connectivity index (χ2n) is 5.49. The number of aryl methyl sites for hydroxylation is 1. The highest BCUT2D eigenvalue weighted by Gasteiger charge is 2.25. The number of nitrogens with one attached hydrogen (secondary N) is 2. The summed E-state index contributed by atoms with van der Waals surface area (Å²) in [6.07, 6.45) is 3.88. The second kappa shape index (κ2) is 8.04. The Hall–Kier alpha value is -2.82. The van der Waals surface area contributed by atoms with Crippen molar-refractivity contribution in [2.75, 3.05) is 5.32 Å². The highest BCUT2D eigenvalue weighted by Crippen LogP contribution is 2.26. The highest BCUT2D eigenvalue weighted by molar-refractivity contribution is 6.42. The minimum atomic E-state index is -1.27. The van der Waals surface area contributed by atoms with Gasteiger partial charge in [0.25, 0.3) is 11.7 Å². The molecule has 1 aromatic heterocycles. The number of furan rings is 1. The Morgan fingerprint density at radius 3 is 2.69 bits per heavy atom. The van der Waals surface area contributed by atoms with Crippen molar-refractivity contribution >= 4 is 29.0 Å². The fourth-order valence-electron chi connectivity index (χ4n) is 2.12. The van der Waals surface area contributed by atoms with Crippen LogP contribution in [-0.2, 0) is 4.79 Å². The van der Waals surface area contributed by atoms with E-state index in [0.29, 0.717) is 5.69 Å². The molecule has 2 rings (SSSR count). The van der Waals surface area contributed by atoms with Crippen LogP contribution in [-0.4, -0.2) is 22.8 Å². The van der Waals surface area contributed by atoms with E-state index in [1.54, 1.807) is 6.92 Å². The number of carbonyl (C=O) groups excluding carboxylic acids is 2. The smallest absolute Gasteiger partial charge is 0.296 e. The minimum Gasteiger partial charge on any atom is -0.457 e. The predicted octanol–water partition coefficient (Wildman–Crippen LogP) is 2.80. The summed E-state index contributed by atoms with van der Waals surface area (Å²) in [6, 6.07) is 4.47. The number of anilines is 1. The average molecular weight is 379 g/mol. The first-order valence-corrected chi connectivity index (χ1v) is 7.92. The molecule has 136 valence electrons. The van der Waals surface area contributed by atoms with Gasteiger partial charge in [0.05, 0.1) is 11.1 Å². The number of hydrogen-bond donors (Lipinski definition) is 3. The van der Waals surface area contributed by atoms with Crippen molar-refractivity contribution in [1.82, 2.24) is 5.32 Å². The molecule has 1 aromatic carbocycles. The number of aliphatic hydroxyl groups is 1. The third-order valence-electron chi connectivity index (χ3n) is 3.50. The molecule has 2 unspecified atom stereocenters. The van der Waals surface area contributed by atoms with Crippen LogP contribution < -0.4 is 10.6 Å². The van der Waals surface area contributed by atoms with Crippen LogP contribution >= 0.6 is 11.6 Å². The van der Waals surface area contributed by atoms with E-state index in [9.17, 15) is 19.1 Å². The normalized spacial score (nSPS) is 12.8. The molecule has 0 aliphatic carbocycles. The zero-order valence-electron chi connectivity index (χ0n) is 14.0. The van der Waals surface area contributed by atoms with Gasteiger partial charge in [-0.05, 0) is 38.1 Å². The van der Waals surface area contributed by atoms with Gasteiger partial charge in [0, 0.05) is 11.3 Å². The molecular formula is C18H16ClFN2O4. The van der Waals surface area contributed by atoms with E-state index in [2.05, 4.69) is 16.6 Å². The lowest BCUT2D eigenvalue weighted by Gasteiger charge is -2.13. The minimum absolute atomic E-state index is 0.110. The quantitative estimate of drug-likeness (QED) is 0.311. The molecule has 26 heavy (non-hydrogen) atoms. The summed E-state index contributed by atoms with van der Waals surface area (Å²) in [5.74, 6) is -0.156. The van der Waals surface area contributed by atoms with Crippen LogP contribution in [0.5, 0.6) is 0 Å². The van der Waals surface area contributed by atoms with Crippen LogP contribution in [0.3, 0.4) is 0 Å². The second-order valence-corrected chi connectivity index (χ2v) is 5.90. The Kier molecular flexibility index (Phi) is 6.03. The van der Waals surface area contributed by atoms with Crippen LogP contribution in [0, 0.1) is 25.1 Å². The molecule has 6 nitrogen and oxygen atoms in total. The maximum absolute atomic E-state index is 13.2. The molecule has 8 heteroatoms. The standard InChI is InChI=1S/C18H16ClFN2O4/c1-4-9(2)21-18(25)16(23)15-8-12(10(3)26-15)17(24)22-11-5-6-14(20)13(19)7-11/h1,5-9,17,22,24H,2-3H3,(H,21,25). The Bertz CT molecular complexity index is 888. The summed E-state index contributed by atoms with van der Waals surface area (Å²) in [5.41, 5.74) is 0.601. The molecule has 0 aliphatic rings. The Balaban J connectivity index is 2.16. The summed E-state index contributed by atoms with van der Waals surface area (Å²) >= 11 is 5.69. The molecule has 2 aromatic rings. The fourth-order valence-corrected chi connectivity index (χ4v) is 2.30. The van der Waals surface area contributed by atoms with Crippen molar-refractivity contribution in [3.63, 3.8) is 0 Å². The summed E-state index contributed by atoms with van der Waals surface area (Å²) in [6.45, 7) is 3.07. The van der Waals surface area contributed by atoms with Gasteiger partial charge in [-0.1, -0.05) is 17.5 Å². The van der Waals surface area contributed by atoms with Crippen LogP contribution in [0.1, 0.15) is 35.0 Å². The Morgan fingerprint density at radius 1 is 1.38 bits per heavy atom. The number of ketones is 1. The van der Waals surface area contributed by atoms with Gasteiger partial charge in [0.15, 0.2) is 12.0 Å². The maximum atomic E-state index is 13.2. The molecule has 0 radical (unpaired) electrons. The highest BCUT2D eigenvalue weighted by atomic mass is 35.5. The molecule has 1 amide bonds. The number of aliphatic hydroxyl groups excluding tert-OH is 1. The van der Waals surface area contributed by atoms with E-state index in [-0.39, 0.29) is 22.1 Å². The Labute approximate surface area is 154 Å². The van der Waals surface area contributed by atoms with Crippen molar-refractivity contribution in [3.05, 3.63) is 52.2 Å².